The van der Waals surface area contributed by atoms with Gasteiger partial charge in [0.25, 0.3) is 5.91 Å². The lowest BCUT2D eigenvalue weighted by Crippen LogP contribution is -2.37. The summed E-state index contributed by atoms with van der Waals surface area (Å²) in [7, 11) is 0. The van der Waals surface area contributed by atoms with Crippen LogP contribution in [0.5, 0.6) is 11.5 Å². The van der Waals surface area contributed by atoms with Crippen molar-refractivity contribution in [1.29, 1.82) is 0 Å². The third-order valence-corrected chi connectivity index (χ3v) is 7.60. The Morgan fingerprint density at radius 3 is 2.45 bits per heavy atom. The molecule has 162 valence electrons. The van der Waals surface area contributed by atoms with Gasteiger partial charge in [0.1, 0.15) is 0 Å². The number of carbonyl (C=O) groups is 1. The number of nitrogens with zero attached hydrogens (tertiary/aromatic N) is 2. The predicted molar refractivity (Wildman–Crippen MR) is 118 cm³/mol. The van der Waals surface area contributed by atoms with Crippen LogP contribution in [0.15, 0.2) is 42.5 Å². The SMILES string of the molecule is CC1Oc2cc3c(cc2O1)C1(CC1)N(CCC1CCN(Cc2ccccc2)CC1)C3=O. The van der Waals surface area contributed by atoms with Gasteiger partial charge in [-0.25, -0.2) is 0 Å². The Hall–Kier alpha value is -2.53. The normalized spacial score (nSPS) is 24.1. The average Bonchev–Trinajstić information content (AvgIpc) is 3.44. The lowest BCUT2D eigenvalue weighted by molar-refractivity contribution is 0.0646. The molecule has 3 heterocycles. The van der Waals surface area contributed by atoms with Gasteiger partial charge in [0.15, 0.2) is 11.5 Å². The van der Waals surface area contributed by atoms with Gasteiger partial charge in [0.2, 0.25) is 6.29 Å². The zero-order valence-electron chi connectivity index (χ0n) is 18.2. The Morgan fingerprint density at radius 2 is 1.74 bits per heavy atom. The maximum absolute atomic E-state index is 13.3. The fourth-order valence-electron chi connectivity index (χ4n) is 5.73. The summed E-state index contributed by atoms with van der Waals surface area (Å²) in [4.78, 5) is 18.0. The number of hydrogen-bond acceptors (Lipinski definition) is 4. The molecule has 1 unspecified atom stereocenters. The Bertz CT molecular complexity index is 993. The molecule has 1 saturated heterocycles. The number of ether oxygens (including phenoxy) is 2. The Labute approximate surface area is 183 Å². The summed E-state index contributed by atoms with van der Waals surface area (Å²) < 4.78 is 11.5. The maximum atomic E-state index is 13.3. The van der Waals surface area contributed by atoms with Crippen molar-refractivity contribution in [2.24, 2.45) is 5.92 Å². The van der Waals surface area contributed by atoms with Gasteiger partial charge in [-0.2, -0.15) is 0 Å². The zero-order chi connectivity index (χ0) is 21.0. The average molecular weight is 419 g/mol. The second-order valence-corrected chi connectivity index (χ2v) is 9.63. The number of carbonyl (C=O) groups excluding carboxylic acids is 1. The van der Waals surface area contributed by atoms with Crippen LogP contribution in [0.3, 0.4) is 0 Å². The summed E-state index contributed by atoms with van der Waals surface area (Å²) in [5, 5.41) is 0. The van der Waals surface area contributed by atoms with Gasteiger partial charge >= 0.3 is 0 Å². The molecule has 6 rings (SSSR count). The van der Waals surface area contributed by atoms with Crippen molar-refractivity contribution >= 4 is 5.91 Å². The first kappa shape index (κ1) is 19.2. The van der Waals surface area contributed by atoms with Crippen LogP contribution in [0.25, 0.3) is 0 Å². The van der Waals surface area contributed by atoms with E-state index in [0.717, 1.165) is 62.3 Å². The number of fused-ring (bicyclic) bond motifs is 3. The van der Waals surface area contributed by atoms with Gasteiger partial charge in [-0.1, -0.05) is 30.3 Å². The number of rotatable bonds is 5. The minimum absolute atomic E-state index is 0.0787. The van der Waals surface area contributed by atoms with E-state index in [9.17, 15) is 4.79 Å². The van der Waals surface area contributed by atoms with Gasteiger partial charge in [-0.3, -0.25) is 9.69 Å². The first-order valence-corrected chi connectivity index (χ1v) is 11.7. The molecule has 2 aromatic carbocycles. The lowest BCUT2D eigenvalue weighted by Gasteiger charge is -2.33. The molecular weight excluding hydrogens is 388 g/mol. The van der Waals surface area contributed by atoms with Crippen LogP contribution in [-0.2, 0) is 12.1 Å². The quantitative estimate of drug-likeness (QED) is 0.714. The summed E-state index contributed by atoms with van der Waals surface area (Å²) >= 11 is 0. The van der Waals surface area contributed by atoms with E-state index in [0.29, 0.717) is 11.7 Å². The molecule has 5 nitrogen and oxygen atoms in total. The molecule has 1 aliphatic carbocycles. The van der Waals surface area contributed by atoms with E-state index in [2.05, 4.69) is 46.2 Å². The molecule has 0 bridgehead atoms. The van der Waals surface area contributed by atoms with E-state index in [4.69, 9.17) is 9.47 Å². The van der Waals surface area contributed by atoms with Crippen molar-refractivity contribution < 1.29 is 14.3 Å². The van der Waals surface area contributed by atoms with Gasteiger partial charge < -0.3 is 14.4 Å². The van der Waals surface area contributed by atoms with Crippen LogP contribution in [-0.4, -0.2) is 41.6 Å². The fourth-order valence-corrected chi connectivity index (χ4v) is 5.73. The first-order valence-electron chi connectivity index (χ1n) is 11.7. The molecule has 0 aromatic heterocycles. The zero-order valence-corrected chi connectivity index (χ0v) is 18.2. The number of likely N-dealkylation sites (tertiary alicyclic amines) is 1. The fraction of sp³-hybridized carbons (Fsp3) is 0.500. The Kier molecular flexibility index (Phi) is 4.49. The van der Waals surface area contributed by atoms with Gasteiger partial charge in [0, 0.05) is 25.6 Å². The van der Waals surface area contributed by atoms with Crippen molar-refractivity contribution in [3.05, 3.63) is 59.2 Å². The molecule has 3 aliphatic heterocycles. The van der Waals surface area contributed by atoms with Crippen molar-refractivity contribution in [3.8, 4) is 11.5 Å². The van der Waals surface area contributed by atoms with Gasteiger partial charge in [0.05, 0.1) is 5.54 Å². The smallest absolute Gasteiger partial charge is 0.255 e. The highest BCUT2D eigenvalue weighted by Crippen LogP contribution is 2.58. The van der Waals surface area contributed by atoms with Crippen molar-refractivity contribution in [2.45, 2.75) is 57.4 Å². The van der Waals surface area contributed by atoms with E-state index < -0.39 is 0 Å². The van der Waals surface area contributed by atoms with Crippen LogP contribution >= 0.6 is 0 Å². The molecule has 1 spiro atoms. The van der Waals surface area contributed by atoms with Gasteiger partial charge in [-0.05, 0) is 74.4 Å². The Morgan fingerprint density at radius 1 is 1.03 bits per heavy atom. The third-order valence-electron chi connectivity index (χ3n) is 7.60. The van der Waals surface area contributed by atoms with Crippen LogP contribution in [0, 0.1) is 5.92 Å². The van der Waals surface area contributed by atoms with Gasteiger partial charge in [-0.15, -0.1) is 0 Å². The molecular formula is C26H30N2O3. The summed E-state index contributed by atoms with van der Waals surface area (Å²) in [6.45, 7) is 6.10. The largest absolute Gasteiger partial charge is 0.451 e. The van der Waals surface area contributed by atoms with Crippen LogP contribution in [0.1, 0.15) is 60.5 Å². The molecule has 31 heavy (non-hydrogen) atoms. The van der Waals surface area contributed by atoms with Crippen LogP contribution in [0.2, 0.25) is 0 Å². The number of benzene rings is 2. The topological polar surface area (TPSA) is 42.0 Å². The van der Waals surface area contributed by atoms with E-state index >= 15 is 0 Å². The van der Waals surface area contributed by atoms with E-state index in [1.165, 1.54) is 18.4 Å². The predicted octanol–water partition coefficient (Wildman–Crippen LogP) is 4.55. The lowest BCUT2D eigenvalue weighted by atomic mass is 9.92. The van der Waals surface area contributed by atoms with Crippen molar-refractivity contribution in [3.63, 3.8) is 0 Å². The Balaban J connectivity index is 1.08. The summed E-state index contributed by atoms with van der Waals surface area (Å²) in [5.74, 6) is 2.39. The monoisotopic (exact) mass is 418 g/mol. The summed E-state index contributed by atoms with van der Waals surface area (Å²) in [6, 6.07) is 14.7. The maximum Gasteiger partial charge on any atom is 0.255 e. The molecule has 1 saturated carbocycles. The van der Waals surface area contributed by atoms with Crippen molar-refractivity contribution in [1.82, 2.24) is 9.80 Å². The summed E-state index contributed by atoms with van der Waals surface area (Å²) in [6.07, 6.45) is 5.41. The van der Waals surface area contributed by atoms with Crippen LogP contribution in [0.4, 0.5) is 0 Å². The standard InChI is InChI=1S/C26H30N2O3/c1-18-30-23-15-21-22(16-24(23)31-18)26(10-11-26)28(25(21)29)14-9-19-7-12-27(13-8-19)17-20-5-3-2-4-6-20/h2-6,15-16,18-19H,7-14,17H2,1H3. The highest BCUT2D eigenvalue weighted by molar-refractivity contribution is 6.01. The summed E-state index contributed by atoms with van der Waals surface area (Å²) in [5.41, 5.74) is 3.30. The number of hydrogen-bond donors (Lipinski definition) is 0. The molecule has 0 radical (unpaired) electrons. The van der Waals surface area contributed by atoms with E-state index in [1.54, 1.807) is 0 Å². The third kappa shape index (κ3) is 3.30. The molecule has 0 N–H and O–H groups in total. The molecule has 4 aliphatic rings. The second kappa shape index (κ2) is 7.27. The van der Waals surface area contributed by atoms with Crippen LogP contribution < -0.4 is 9.47 Å². The van der Waals surface area contributed by atoms with E-state index in [-0.39, 0.29) is 17.7 Å². The molecule has 1 amide bonds. The number of piperidine rings is 1. The van der Waals surface area contributed by atoms with Crippen molar-refractivity contribution in [2.75, 3.05) is 19.6 Å². The minimum Gasteiger partial charge on any atom is -0.451 e. The molecule has 5 heteroatoms. The highest BCUT2D eigenvalue weighted by atomic mass is 16.7. The number of amides is 1. The highest BCUT2D eigenvalue weighted by Gasteiger charge is 2.58. The first-order chi connectivity index (χ1) is 15.1. The minimum atomic E-state index is -0.272. The second-order valence-electron chi connectivity index (χ2n) is 9.63. The molecule has 2 aromatic rings. The molecule has 2 fully saturated rings. The van der Waals surface area contributed by atoms with E-state index in [1.807, 2.05) is 13.0 Å². The molecule has 1 atom stereocenters.